The van der Waals surface area contributed by atoms with Gasteiger partial charge < -0.3 is 4.74 Å². The highest BCUT2D eigenvalue weighted by atomic mass is 35.5. The third-order valence-electron chi connectivity index (χ3n) is 4.12. The monoisotopic (exact) mass is 399 g/mol. The molecule has 0 aliphatic rings. The van der Waals surface area contributed by atoms with E-state index < -0.39 is 0 Å². The van der Waals surface area contributed by atoms with Gasteiger partial charge in [0.2, 0.25) is 0 Å². The van der Waals surface area contributed by atoms with Crippen LogP contribution in [-0.2, 0) is 0 Å². The number of methoxy groups -OCH3 is 1. The second-order valence-corrected chi connectivity index (χ2v) is 6.78. The van der Waals surface area contributed by atoms with E-state index in [9.17, 15) is 0 Å². The van der Waals surface area contributed by atoms with Crippen LogP contribution in [-0.4, -0.2) is 31.8 Å². The molecule has 0 bridgehead atoms. The van der Waals surface area contributed by atoms with Gasteiger partial charge >= 0.3 is 0 Å². The summed E-state index contributed by atoms with van der Waals surface area (Å²) < 4.78 is 6.85. The van der Waals surface area contributed by atoms with Gasteiger partial charge in [0.25, 0.3) is 5.95 Å². The van der Waals surface area contributed by atoms with E-state index in [1.165, 1.54) is 0 Å². The van der Waals surface area contributed by atoms with E-state index in [4.69, 9.17) is 33.0 Å². The average molecular weight is 400 g/mol. The highest BCUT2D eigenvalue weighted by Gasteiger charge is 2.20. The number of pyridine rings is 1. The second-order valence-electron chi connectivity index (χ2n) is 6.03. The zero-order valence-corrected chi connectivity index (χ0v) is 16.4. The molecule has 8 heteroatoms. The van der Waals surface area contributed by atoms with Crippen molar-refractivity contribution in [2.45, 2.75) is 13.8 Å². The molecule has 4 aromatic rings. The Morgan fingerprint density at radius 1 is 1.00 bits per heavy atom. The Labute approximate surface area is 165 Å². The van der Waals surface area contributed by atoms with Crippen molar-refractivity contribution in [1.29, 1.82) is 0 Å². The number of aryl methyl sites for hydroxylation is 2. The number of ether oxygens (including phenoxy) is 1. The average Bonchev–Trinajstić information content (AvgIpc) is 3.03. The Morgan fingerprint density at radius 2 is 1.74 bits per heavy atom. The van der Waals surface area contributed by atoms with Crippen molar-refractivity contribution >= 4 is 34.2 Å². The van der Waals surface area contributed by atoms with Gasteiger partial charge in [-0.3, -0.25) is 0 Å². The Hall–Kier alpha value is -2.70. The standard InChI is InChI=1S/C19H15Cl2N5O/c1-10-9-11(2)24-19(23-10)26-18-13(5-4-8-22-18)17(25-26)12-6-7-14(27-3)16(21)15(12)20/h4-9H,1-3H3. The molecule has 0 radical (unpaired) electrons. The van der Waals surface area contributed by atoms with Crippen LogP contribution in [0.4, 0.5) is 0 Å². The van der Waals surface area contributed by atoms with Crippen molar-refractivity contribution in [2.24, 2.45) is 0 Å². The van der Waals surface area contributed by atoms with Gasteiger partial charge in [-0.25, -0.2) is 15.0 Å². The van der Waals surface area contributed by atoms with E-state index >= 15 is 0 Å². The van der Waals surface area contributed by atoms with Gasteiger partial charge in [0, 0.05) is 28.5 Å². The summed E-state index contributed by atoms with van der Waals surface area (Å²) in [6, 6.07) is 9.27. The molecule has 0 fully saturated rings. The molecule has 0 aliphatic heterocycles. The van der Waals surface area contributed by atoms with Gasteiger partial charge in [-0.1, -0.05) is 23.2 Å². The molecule has 4 rings (SSSR count). The van der Waals surface area contributed by atoms with E-state index in [1.54, 1.807) is 24.1 Å². The Bertz CT molecular complexity index is 1150. The number of halogens is 2. The first kappa shape index (κ1) is 17.7. The van der Waals surface area contributed by atoms with Crippen molar-refractivity contribution in [2.75, 3.05) is 7.11 Å². The predicted octanol–water partition coefficient (Wildman–Crippen LogP) is 4.81. The Balaban J connectivity index is 2.00. The molecule has 0 amide bonds. The van der Waals surface area contributed by atoms with Crippen LogP contribution < -0.4 is 4.74 Å². The van der Waals surface area contributed by atoms with Gasteiger partial charge in [0.05, 0.1) is 12.1 Å². The van der Waals surface area contributed by atoms with Crippen LogP contribution in [0.25, 0.3) is 28.2 Å². The molecule has 6 nitrogen and oxygen atoms in total. The summed E-state index contributed by atoms with van der Waals surface area (Å²) in [5.74, 6) is 0.961. The topological polar surface area (TPSA) is 65.7 Å². The van der Waals surface area contributed by atoms with Gasteiger partial charge in [-0.05, 0) is 44.2 Å². The van der Waals surface area contributed by atoms with Crippen molar-refractivity contribution in [1.82, 2.24) is 24.7 Å². The molecule has 0 atom stereocenters. The number of fused-ring (bicyclic) bond motifs is 1. The first-order valence-corrected chi connectivity index (χ1v) is 8.94. The Kier molecular flexibility index (Phi) is 4.45. The van der Waals surface area contributed by atoms with Crippen molar-refractivity contribution in [3.63, 3.8) is 0 Å². The van der Waals surface area contributed by atoms with Crippen LogP contribution in [0.3, 0.4) is 0 Å². The lowest BCUT2D eigenvalue weighted by Crippen LogP contribution is -2.06. The lowest BCUT2D eigenvalue weighted by atomic mass is 10.1. The van der Waals surface area contributed by atoms with Crippen molar-refractivity contribution in [3.8, 4) is 23.0 Å². The third kappa shape index (κ3) is 3.01. The molecular weight excluding hydrogens is 385 g/mol. The molecular formula is C19H15Cl2N5O. The minimum Gasteiger partial charge on any atom is -0.495 e. The summed E-state index contributed by atoms with van der Waals surface area (Å²) >= 11 is 12.8. The number of nitrogens with zero attached hydrogens (tertiary/aromatic N) is 5. The van der Waals surface area contributed by atoms with Crippen molar-refractivity contribution < 1.29 is 4.74 Å². The molecule has 0 spiro atoms. The van der Waals surface area contributed by atoms with E-state index in [2.05, 4.69) is 15.0 Å². The third-order valence-corrected chi connectivity index (χ3v) is 4.99. The summed E-state index contributed by atoms with van der Waals surface area (Å²) in [7, 11) is 1.54. The number of hydrogen-bond donors (Lipinski definition) is 0. The predicted molar refractivity (Wildman–Crippen MR) is 106 cm³/mol. The molecule has 0 saturated heterocycles. The fraction of sp³-hybridized carbons (Fsp3) is 0.158. The molecule has 0 N–H and O–H groups in total. The number of rotatable bonds is 3. The van der Waals surface area contributed by atoms with Crippen LogP contribution >= 0.6 is 23.2 Å². The summed E-state index contributed by atoms with van der Waals surface area (Å²) in [6.45, 7) is 3.83. The molecule has 3 aromatic heterocycles. The fourth-order valence-electron chi connectivity index (χ4n) is 2.96. The number of aromatic nitrogens is 5. The minimum absolute atomic E-state index is 0.339. The van der Waals surface area contributed by atoms with E-state index in [0.717, 1.165) is 16.8 Å². The van der Waals surface area contributed by atoms with Gasteiger partial charge in [-0.15, -0.1) is 0 Å². The second kappa shape index (κ2) is 6.79. The minimum atomic E-state index is 0.339. The molecule has 1 aromatic carbocycles. The normalized spacial score (nSPS) is 11.1. The SMILES string of the molecule is COc1ccc(-c2nn(-c3nc(C)cc(C)n3)c3ncccc23)c(Cl)c1Cl. The Morgan fingerprint density at radius 3 is 2.44 bits per heavy atom. The smallest absolute Gasteiger partial charge is 0.253 e. The van der Waals surface area contributed by atoms with E-state index in [0.29, 0.717) is 38.6 Å². The number of benzene rings is 1. The fourth-order valence-corrected chi connectivity index (χ4v) is 3.45. The van der Waals surface area contributed by atoms with Crippen LogP contribution in [0, 0.1) is 13.8 Å². The van der Waals surface area contributed by atoms with E-state index in [-0.39, 0.29) is 0 Å². The van der Waals surface area contributed by atoms with Crippen molar-refractivity contribution in [3.05, 3.63) is 58.0 Å². The summed E-state index contributed by atoms with van der Waals surface area (Å²) in [5.41, 5.74) is 3.67. The molecule has 3 heterocycles. The summed E-state index contributed by atoms with van der Waals surface area (Å²) in [5, 5.41) is 6.24. The molecule has 27 heavy (non-hydrogen) atoms. The lowest BCUT2D eigenvalue weighted by molar-refractivity contribution is 0.415. The molecule has 0 saturated carbocycles. The maximum absolute atomic E-state index is 6.50. The lowest BCUT2D eigenvalue weighted by Gasteiger charge is -2.08. The maximum atomic E-state index is 6.50. The molecule has 0 aliphatic carbocycles. The summed E-state index contributed by atoms with van der Waals surface area (Å²) in [6.07, 6.45) is 1.70. The van der Waals surface area contributed by atoms with E-state index in [1.807, 2.05) is 38.1 Å². The highest BCUT2D eigenvalue weighted by Crippen LogP contribution is 2.41. The van der Waals surface area contributed by atoms with Crippen LogP contribution in [0.2, 0.25) is 10.0 Å². The summed E-state index contributed by atoms with van der Waals surface area (Å²) in [4.78, 5) is 13.5. The first-order valence-electron chi connectivity index (χ1n) is 8.18. The maximum Gasteiger partial charge on any atom is 0.253 e. The van der Waals surface area contributed by atoms with Gasteiger partial charge in [0.1, 0.15) is 16.5 Å². The number of hydrogen-bond acceptors (Lipinski definition) is 5. The van der Waals surface area contributed by atoms with Crippen LogP contribution in [0.15, 0.2) is 36.5 Å². The first-order chi connectivity index (χ1) is 13.0. The quantitative estimate of drug-likeness (QED) is 0.494. The van der Waals surface area contributed by atoms with Gasteiger partial charge in [-0.2, -0.15) is 9.78 Å². The van der Waals surface area contributed by atoms with Crippen LogP contribution in [0.1, 0.15) is 11.4 Å². The highest BCUT2D eigenvalue weighted by molar-refractivity contribution is 6.44. The molecule has 0 unspecified atom stereocenters. The molecule has 136 valence electrons. The van der Waals surface area contributed by atoms with Crippen LogP contribution in [0.5, 0.6) is 5.75 Å². The zero-order chi connectivity index (χ0) is 19.1. The zero-order valence-electron chi connectivity index (χ0n) is 14.9. The van der Waals surface area contributed by atoms with Gasteiger partial charge in [0.15, 0.2) is 5.65 Å². The largest absolute Gasteiger partial charge is 0.495 e.